The Labute approximate surface area is 174 Å². The fourth-order valence-electron chi connectivity index (χ4n) is 2.56. The van der Waals surface area contributed by atoms with Crippen LogP contribution < -0.4 is 10.1 Å². The summed E-state index contributed by atoms with van der Waals surface area (Å²) in [6.07, 6.45) is -0.261. The van der Waals surface area contributed by atoms with Gasteiger partial charge in [0.15, 0.2) is 6.61 Å². The van der Waals surface area contributed by atoms with Gasteiger partial charge >= 0.3 is 6.09 Å². The maximum atomic E-state index is 12.0. The number of amides is 2. The van der Waals surface area contributed by atoms with Crippen LogP contribution in [-0.4, -0.2) is 73.3 Å². The van der Waals surface area contributed by atoms with Crippen molar-refractivity contribution >= 4 is 34.6 Å². The van der Waals surface area contributed by atoms with Gasteiger partial charge in [0.2, 0.25) is 0 Å². The third kappa shape index (κ3) is 8.34. The molecule has 0 unspecified atom stereocenters. The van der Waals surface area contributed by atoms with E-state index in [1.807, 2.05) is 45.0 Å². The minimum absolute atomic E-state index is 0.00696. The van der Waals surface area contributed by atoms with Crippen molar-refractivity contribution in [3.8, 4) is 5.75 Å². The smallest absolute Gasteiger partial charge is 0.410 e. The van der Waals surface area contributed by atoms with E-state index in [0.29, 0.717) is 25.4 Å². The molecule has 2 rings (SSSR count). The summed E-state index contributed by atoms with van der Waals surface area (Å²) in [5.41, 5.74) is -0.473. The Morgan fingerprint density at radius 1 is 1.11 bits per heavy atom. The molecule has 0 bridgehead atoms. The number of carbonyl (C=O) groups excluding carboxylic acids is 2. The van der Waals surface area contributed by atoms with Crippen molar-refractivity contribution in [1.29, 1.82) is 0 Å². The molecule has 1 aliphatic rings. The van der Waals surface area contributed by atoms with E-state index in [1.165, 1.54) is 0 Å². The number of carbonyl (C=O) groups is 2. The zero-order valence-corrected chi connectivity index (χ0v) is 18.3. The van der Waals surface area contributed by atoms with E-state index < -0.39 is 5.60 Å². The van der Waals surface area contributed by atoms with E-state index in [2.05, 4.69) is 32.8 Å². The molecule has 0 radical (unpaired) electrons. The summed E-state index contributed by atoms with van der Waals surface area (Å²) < 4.78 is 12.0. The van der Waals surface area contributed by atoms with Gasteiger partial charge in [-0.2, -0.15) is 0 Å². The second-order valence-corrected chi connectivity index (χ2v) is 8.65. The molecule has 150 valence electrons. The summed E-state index contributed by atoms with van der Waals surface area (Å²) in [6, 6.07) is 7.56. The Morgan fingerprint density at radius 3 is 2.33 bits per heavy atom. The van der Waals surface area contributed by atoms with Crippen LogP contribution in [0.4, 0.5) is 4.79 Å². The first-order valence-electron chi connectivity index (χ1n) is 9.08. The molecule has 1 saturated heterocycles. The van der Waals surface area contributed by atoms with Crippen LogP contribution in [-0.2, 0) is 9.53 Å². The summed E-state index contributed by atoms with van der Waals surface area (Å²) in [6.45, 7) is 9.73. The van der Waals surface area contributed by atoms with Gasteiger partial charge < -0.3 is 19.7 Å². The number of halogens is 1. The molecule has 2 amide bonds. The van der Waals surface area contributed by atoms with Crippen molar-refractivity contribution in [3.63, 3.8) is 0 Å². The number of rotatable bonds is 6. The van der Waals surface area contributed by atoms with Gasteiger partial charge in [-0.1, -0.05) is 0 Å². The van der Waals surface area contributed by atoms with Gasteiger partial charge in [0.1, 0.15) is 11.4 Å². The Balaban J connectivity index is 1.59. The monoisotopic (exact) mass is 489 g/mol. The molecule has 27 heavy (non-hydrogen) atoms. The average Bonchev–Trinajstić information content (AvgIpc) is 2.60. The lowest BCUT2D eigenvalue weighted by molar-refractivity contribution is -0.123. The zero-order valence-electron chi connectivity index (χ0n) is 16.2. The molecule has 1 N–H and O–H groups in total. The SMILES string of the molecule is CC(C)(C)OC(=O)N1CCN(CCNC(=O)COc2ccc(I)cc2)CC1. The number of nitrogens with zero attached hydrogens (tertiary/aromatic N) is 2. The van der Waals surface area contributed by atoms with Crippen LogP contribution >= 0.6 is 22.6 Å². The van der Waals surface area contributed by atoms with Gasteiger partial charge in [-0.05, 0) is 67.6 Å². The number of benzene rings is 1. The maximum Gasteiger partial charge on any atom is 0.410 e. The van der Waals surface area contributed by atoms with Gasteiger partial charge in [0.25, 0.3) is 5.91 Å². The van der Waals surface area contributed by atoms with Gasteiger partial charge in [0, 0.05) is 42.8 Å². The lowest BCUT2D eigenvalue weighted by Crippen LogP contribution is -2.51. The minimum atomic E-state index is -0.473. The molecule has 8 heteroatoms. The molecule has 1 fully saturated rings. The molecule has 1 aliphatic heterocycles. The van der Waals surface area contributed by atoms with Crippen molar-refractivity contribution in [1.82, 2.24) is 15.1 Å². The number of hydrogen-bond donors (Lipinski definition) is 1. The van der Waals surface area contributed by atoms with Crippen molar-refractivity contribution in [3.05, 3.63) is 27.8 Å². The minimum Gasteiger partial charge on any atom is -0.484 e. The van der Waals surface area contributed by atoms with Crippen LogP contribution in [0.1, 0.15) is 20.8 Å². The van der Waals surface area contributed by atoms with Gasteiger partial charge in [0.05, 0.1) is 0 Å². The Kier molecular flexibility index (Phi) is 8.15. The largest absolute Gasteiger partial charge is 0.484 e. The molecular formula is C19H28IN3O4. The van der Waals surface area contributed by atoms with Crippen molar-refractivity contribution in [2.24, 2.45) is 0 Å². The predicted octanol–water partition coefficient (Wildman–Crippen LogP) is 2.34. The zero-order chi connectivity index (χ0) is 19.9. The molecule has 7 nitrogen and oxygen atoms in total. The summed E-state index contributed by atoms with van der Waals surface area (Å²) in [7, 11) is 0. The number of ether oxygens (including phenoxy) is 2. The average molecular weight is 489 g/mol. The molecule has 1 heterocycles. The van der Waals surface area contributed by atoms with Crippen LogP contribution in [0.25, 0.3) is 0 Å². The van der Waals surface area contributed by atoms with E-state index in [1.54, 1.807) is 4.90 Å². The highest BCUT2D eigenvalue weighted by atomic mass is 127. The Morgan fingerprint density at radius 2 is 1.74 bits per heavy atom. The molecule has 0 saturated carbocycles. The first kappa shape index (κ1) is 21.7. The summed E-state index contributed by atoms with van der Waals surface area (Å²) in [4.78, 5) is 27.9. The standard InChI is InChI=1S/C19H28IN3O4/c1-19(2,3)27-18(25)23-12-10-22(11-13-23)9-8-21-17(24)14-26-16-6-4-15(20)5-7-16/h4-7H,8-14H2,1-3H3,(H,21,24). The van der Waals surface area contributed by atoms with Crippen LogP contribution in [0.2, 0.25) is 0 Å². The number of hydrogen-bond acceptors (Lipinski definition) is 5. The maximum absolute atomic E-state index is 12.0. The molecule has 0 atom stereocenters. The van der Waals surface area contributed by atoms with Crippen LogP contribution in [0, 0.1) is 3.57 Å². The third-order valence-corrected chi connectivity index (χ3v) is 4.68. The summed E-state index contributed by atoms with van der Waals surface area (Å²) >= 11 is 2.22. The van der Waals surface area contributed by atoms with E-state index in [9.17, 15) is 9.59 Å². The number of piperazine rings is 1. The van der Waals surface area contributed by atoms with E-state index in [0.717, 1.165) is 23.2 Å². The third-order valence-electron chi connectivity index (χ3n) is 3.96. The lowest BCUT2D eigenvalue weighted by Gasteiger charge is -2.35. The Bertz CT molecular complexity index is 623. The van der Waals surface area contributed by atoms with E-state index in [4.69, 9.17) is 9.47 Å². The number of nitrogens with one attached hydrogen (secondary N) is 1. The fourth-order valence-corrected chi connectivity index (χ4v) is 2.92. The van der Waals surface area contributed by atoms with Crippen molar-refractivity contribution in [2.45, 2.75) is 26.4 Å². The predicted molar refractivity (Wildman–Crippen MR) is 112 cm³/mol. The second kappa shape index (κ2) is 10.1. The lowest BCUT2D eigenvalue weighted by atomic mass is 10.2. The molecule has 0 aliphatic carbocycles. The van der Waals surface area contributed by atoms with Crippen molar-refractivity contribution in [2.75, 3.05) is 45.9 Å². The fraction of sp³-hybridized carbons (Fsp3) is 0.579. The van der Waals surface area contributed by atoms with Gasteiger partial charge in [-0.15, -0.1) is 0 Å². The van der Waals surface area contributed by atoms with E-state index in [-0.39, 0.29) is 18.6 Å². The van der Waals surface area contributed by atoms with Gasteiger partial charge in [-0.25, -0.2) is 4.79 Å². The molecule has 0 aromatic heterocycles. The molecule has 0 spiro atoms. The Hall–Kier alpha value is -1.55. The second-order valence-electron chi connectivity index (χ2n) is 7.40. The first-order valence-corrected chi connectivity index (χ1v) is 10.2. The van der Waals surface area contributed by atoms with E-state index >= 15 is 0 Å². The normalized spacial score (nSPS) is 15.3. The quantitative estimate of drug-likeness (QED) is 0.622. The highest BCUT2D eigenvalue weighted by Crippen LogP contribution is 2.13. The summed E-state index contributed by atoms with van der Waals surface area (Å²) in [5, 5.41) is 2.86. The molecule has 1 aromatic carbocycles. The molecular weight excluding hydrogens is 461 g/mol. The topological polar surface area (TPSA) is 71.1 Å². The highest BCUT2D eigenvalue weighted by molar-refractivity contribution is 14.1. The molecule has 1 aromatic rings. The van der Waals surface area contributed by atoms with Crippen molar-refractivity contribution < 1.29 is 19.1 Å². The van der Waals surface area contributed by atoms with Crippen LogP contribution in [0.3, 0.4) is 0 Å². The van der Waals surface area contributed by atoms with Gasteiger partial charge in [-0.3, -0.25) is 9.69 Å². The first-order chi connectivity index (χ1) is 12.7. The highest BCUT2D eigenvalue weighted by Gasteiger charge is 2.25. The summed E-state index contributed by atoms with van der Waals surface area (Å²) in [5.74, 6) is 0.546. The van der Waals surface area contributed by atoms with Crippen LogP contribution in [0.15, 0.2) is 24.3 Å². The van der Waals surface area contributed by atoms with Crippen LogP contribution in [0.5, 0.6) is 5.75 Å².